The van der Waals surface area contributed by atoms with Gasteiger partial charge in [0.15, 0.2) is 0 Å². The van der Waals surface area contributed by atoms with Crippen molar-refractivity contribution in [3.8, 4) is 0 Å². The van der Waals surface area contributed by atoms with Gasteiger partial charge in [-0.25, -0.2) is 9.13 Å². The maximum atomic E-state index is 2.34. The molecule has 72 valence electrons. The second-order valence-electron chi connectivity index (χ2n) is 4.31. The first kappa shape index (κ1) is 8.79. The lowest BCUT2D eigenvalue weighted by Gasteiger charge is -2.14. The zero-order valence-electron chi connectivity index (χ0n) is 8.61. The molecule has 0 aromatic carbocycles. The Morgan fingerprint density at radius 3 is 2.62 bits per heavy atom. The van der Waals surface area contributed by atoms with Crippen molar-refractivity contribution in [3.05, 3.63) is 18.7 Å². The second kappa shape index (κ2) is 3.52. The average Bonchev–Trinajstić information content (AvgIpc) is 2.72. The van der Waals surface area contributed by atoms with E-state index in [9.17, 15) is 0 Å². The lowest BCUT2D eigenvalue weighted by Crippen LogP contribution is -2.25. The third-order valence-corrected chi connectivity index (χ3v) is 3.34. The summed E-state index contributed by atoms with van der Waals surface area (Å²) >= 11 is 0. The fraction of sp³-hybridized carbons (Fsp3) is 0.727. The Balaban J connectivity index is 2.07. The van der Waals surface area contributed by atoms with E-state index in [-0.39, 0.29) is 0 Å². The maximum absolute atomic E-state index is 2.34. The number of rotatable bonds is 2. The predicted molar refractivity (Wildman–Crippen MR) is 52.3 cm³/mol. The first-order valence-corrected chi connectivity index (χ1v) is 5.30. The fourth-order valence-electron chi connectivity index (χ4n) is 2.39. The summed E-state index contributed by atoms with van der Waals surface area (Å²) in [4.78, 5) is 0. The number of aryl methyl sites for hydroxylation is 1. The van der Waals surface area contributed by atoms with E-state index < -0.39 is 0 Å². The van der Waals surface area contributed by atoms with Gasteiger partial charge in [-0.15, -0.1) is 0 Å². The smallest absolute Gasteiger partial charge is 0.240 e. The van der Waals surface area contributed by atoms with Gasteiger partial charge in [0.2, 0.25) is 6.33 Å². The molecule has 0 radical (unpaired) electrons. The predicted octanol–water partition coefficient (Wildman–Crippen LogP) is 2.06. The lowest BCUT2D eigenvalue weighted by atomic mass is 10.00. The number of nitrogens with zero attached hydrogens (tertiary/aromatic N) is 2. The lowest BCUT2D eigenvalue weighted by molar-refractivity contribution is -0.671. The van der Waals surface area contributed by atoms with Crippen molar-refractivity contribution in [2.45, 2.75) is 38.6 Å². The van der Waals surface area contributed by atoms with E-state index in [2.05, 4.69) is 41.8 Å². The van der Waals surface area contributed by atoms with Crippen molar-refractivity contribution < 1.29 is 4.57 Å². The summed E-state index contributed by atoms with van der Waals surface area (Å²) in [6.07, 6.45) is 12.2. The molecule has 0 spiro atoms. The van der Waals surface area contributed by atoms with Gasteiger partial charge >= 0.3 is 0 Å². The first-order valence-electron chi connectivity index (χ1n) is 5.30. The van der Waals surface area contributed by atoms with Crippen LogP contribution < -0.4 is 4.57 Å². The highest BCUT2D eigenvalue weighted by molar-refractivity contribution is 4.80. The van der Waals surface area contributed by atoms with Crippen LogP contribution in [0, 0.1) is 5.92 Å². The summed E-state index contributed by atoms with van der Waals surface area (Å²) in [5.41, 5.74) is 0. The van der Waals surface area contributed by atoms with Crippen LogP contribution in [0.2, 0.25) is 0 Å². The summed E-state index contributed by atoms with van der Waals surface area (Å²) in [5.74, 6) is 0.910. The van der Waals surface area contributed by atoms with Gasteiger partial charge in [-0.2, -0.15) is 0 Å². The molecule has 1 heterocycles. The van der Waals surface area contributed by atoms with Crippen LogP contribution in [0.25, 0.3) is 0 Å². The summed E-state index contributed by atoms with van der Waals surface area (Å²) in [6.45, 7) is 2.34. The normalized spacial score (nSPS) is 20.8. The molecule has 1 atom stereocenters. The molecule has 1 aliphatic rings. The Morgan fingerprint density at radius 1 is 1.38 bits per heavy atom. The molecule has 2 heteroatoms. The summed E-state index contributed by atoms with van der Waals surface area (Å²) < 4.78 is 4.46. The topological polar surface area (TPSA) is 8.81 Å². The van der Waals surface area contributed by atoms with Gasteiger partial charge in [-0.05, 0) is 25.7 Å². The van der Waals surface area contributed by atoms with Crippen LogP contribution in [0.1, 0.15) is 38.6 Å². The number of hydrogen-bond acceptors (Lipinski definition) is 0. The van der Waals surface area contributed by atoms with Crippen molar-refractivity contribution in [1.29, 1.82) is 0 Å². The molecule has 1 fully saturated rings. The molecule has 1 aromatic rings. The molecule has 0 amide bonds. The monoisotopic (exact) mass is 179 g/mol. The summed E-state index contributed by atoms with van der Waals surface area (Å²) in [6, 6.07) is 0.684. The summed E-state index contributed by atoms with van der Waals surface area (Å²) in [7, 11) is 2.08. The van der Waals surface area contributed by atoms with Gasteiger partial charge in [0.1, 0.15) is 18.4 Å². The molecule has 0 aliphatic heterocycles. The second-order valence-corrected chi connectivity index (χ2v) is 4.31. The third-order valence-electron chi connectivity index (χ3n) is 3.34. The van der Waals surface area contributed by atoms with Crippen LogP contribution in [0.4, 0.5) is 0 Å². The minimum absolute atomic E-state index is 0.684. The van der Waals surface area contributed by atoms with E-state index in [4.69, 9.17) is 0 Å². The zero-order valence-corrected chi connectivity index (χ0v) is 8.61. The fourth-order valence-corrected chi connectivity index (χ4v) is 2.39. The third kappa shape index (κ3) is 1.77. The van der Waals surface area contributed by atoms with E-state index >= 15 is 0 Å². The molecule has 1 aliphatic carbocycles. The Labute approximate surface area is 80.2 Å². The zero-order chi connectivity index (χ0) is 9.26. The van der Waals surface area contributed by atoms with E-state index in [1.807, 2.05) is 0 Å². The summed E-state index contributed by atoms with van der Waals surface area (Å²) in [5, 5.41) is 0. The molecular weight excluding hydrogens is 160 g/mol. The van der Waals surface area contributed by atoms with Gasteiger partial charge in [0, 0.05) is 0 Å². The number of aromatic nitrogens is 2. The molecule has 1 aromatic heterocycles. The van der Waals surface area contributed by atoms with Crippen LogP contribution in [-0.4, -0.2) is 4.57 Å². The molecule has 0 bridgehead atoms. The van der Waals surface area contributed by atoms with Crippen molar-refractivity contribution in [3.63, 3.8) is 0 Å². The highest BCUT2D eigenvalue weighted by Crippen LogP contribution is 2.33. The van der Waals surface area contributed by atoms with Crippen LogP contribution in [0.15, 0.2) is 18.7 Å². The van der Waals surface area contributed by atoms with Crippen LogP contribution >= 0.6 is 0 Å². The molecule has 2 rings (SSSR count). The molecule has 1 unspecified atom stereocenters. The molecule has 13 heavy (non-hydrogen) atoms. The highest BCUT2D eigenvalue weighted by Gasteiger charge is 2.25. The van der Waals surface area contributed by atoms with Gasteiger partial charge in [0.25, 0.3) is 0 Å². The van der Waals surface area contributed by atoms with E-state index in [1.54, 1.807) is 0 Å². The van der Waals surface area contributed by atoms with Gasteiger partial charge in [0.05, 0.1) is 7.05 Å². The van der Waals surface area contributed by atoms with Crippen molar-refractivity contribution >= 4 is 0 Å². The molecule has 0 N–H and O–H groups in total. The SMILES string of the molecule is CC(C1CCCC1)n1cc[n+](C)c1. The molecule has 0 saturated heterocycles. The molecule has 2 nitrogen and oxygen atoms in total. The Morgan fingerprint density at radius 2 is 2.08 bits per heavy atom. The molecular formula is C11H19N2+. The van der Waals surface area contributed by atoms with Crippen molar-refractivity contribution in [2.24, 2.45) is 13.0 Å². The Kier molecular flexibility index (Phi) is 2.38. The molecule has 1 saturated carbocycles. The number of hydrogen-bond donors (Lipinski definition) is 0. The minimum Gasteiger partial charge on any atom is -0.240 e. The maximum Gasteiger partial charge on any atom is 0.243 e. The largest absolute Gasteiger partial charge is 0.243 e. The van der Waals surface area contributed by atoms with Gasteiger partial charge in [-0.3, -0.25) is 0 Å². The minimum atomic E-state index is 0.684. The highest BCUT2D eigenvalue weighted by atomic mass is 15.1. The van der Waals surface area contributed by atoms with Crippen LogP contribution in [0.3, 0.4) is 0 Å². The standard InChI is InChI=1S/C11H19N2/c1-10(11-5-3-4-6-11)13-8-7-12(2)9-13/h7-11H,3-6H2,1-2H3/q+1. The van der Waals surface area contributed by atoms with Gasteiger partial charge in [-0.1, -0.05) is 12.8 Å². The average molecular weight is 179 g/mol. The first-order chi connectivity index (χ1) is 6.27. The van der Waals surface area contributed by atoms with E-state index in [0.717, 1.165) is 5.92 Å². The van der Waals surface area contributed by atoms with Crippen molar-refractivity contribution in [2.75, 3.05) is 0 Å². The van der Waals surface area contributed by atoms with Crippen LogP contribution in [0.5, 0.6) is 0 Å². The quantitative estimate of drug-likeness (QED) is 0.614. The number of imidazole rings is 1. The van der Waals surface area contributed by atoms with E-state index in [1.165, 1.54) is 25.7 Å². The Bertz CT molecular complexity index is 271. The Hall–Kier alpha value is -0.790. The van der Waals surface area contributed by atoms with E-state index in [0.29, 0.717) is 6.04 Å². The van der Waals surface area contributed by atoms with Crippen molar-refractivity contribution in [1.82, 2.24) is 4.57 Å². The van der Waals surface area contributed by atoms with Gasteiger partial charge < -0.3 is 0 Å². The van der Waals surface area contributed by atoms with Crippen LogP contribution in [-0.2, 0) is 7.05 Å².